The second-order valence-corrected chi connectivity index (χ2v) is 13.1. The average molecular weight is 680 g/mol. The lowest BCUT2D eigenvalue weighted by molar-refractivity contribution is 1.17. The van der Waals surface area contributed by atoms with E-state index in [-0.39, 0.29) is 0 Å². The molecular weight excluding hydrogens is 643 g/mol. The number of fused-ring (bicyclic) bond motifs is 3. The summed E-state index contributed by atoms with van der Waals surface area (Å²) < 4.78 is 2.37. The van der Waals surface area contributed by atoms with Crippen molar-refractivity contribution in [1.29, 1.82) is 0 Å². The minimum atomic E-state index is 1.07. The predicted molar refractivity (Wildman–Crippen MR) is 225 cm³/mol. The molecule has 0 spiro atoms. The van der Waals surface area contributed by atoms with Gasteiger partial charge in [-0.1, -0.05) is 133 Å². The van der Waals surface area contributed by atoms with Crippen molar-refractivity contribution in [3.63, 3.8) is 0 Å². The highest BCUT2D eigenvalue weighted by molar-refractivity contribution is 6.09. The van der Waals surface area contributed by atoms with Crippen molar-refractivity contribution in [2.75, 3.05) is 9.80 Å². The van der Waals surface area contributed by atoms with Crippen molar-refractivity contribution in [3.8, 4) is 5.69 Å². The fourth-order valence-corrected chi connectivity index (χ4v) is 7.32. The number of hydrogen-bond acceptors (Lipinski definition) is 2. The third-order valence-corrected chi connectivity index (χ3v) is 9.75. The van der Waals surface area contributed by atoms with Crippen LogP contribution in [-0.2, 0) is 0 Å². The predicted octanol–water partition coefficient (Wildman–Crippen LogP) is 13.6. The van der Waals surface area contributed by atoms with Gasteiger partial charge in [0.15, 0.2) is 0 Å². The smallest absolute Gasteiger partial charge is 0.0541 e. The Hall–Kier alpha value is -7.10. The van der Waals surface area contributed by atoms with Crippen molar-refractivity contribution in [2.45, 2.75) is 0 Å². The van der Waals surface area contributed by atoms with Crippen LogP contribution in [0.3, 0.4) is 0 Å². The molecule has 9 aromatic rings. The number of anilines is 5. The lowest BCUT2D eigenvalue weighted by atomic mass is 10.0. The topological polar surface area (TPSA) is 11.4 Å². The van der Waals surface area contributed by atoms with Crippen LogP contribution in [0.5, 0.6) is 0 Å². The van der Waals surface area contributed by atoms with Crippen LogP contribution in [0.25, 0.3) is 39.3 Å². The third kappa shape index (κ3) is 6.26. The van der Waals surface area contributed by atoms with Gasteiger partial charge in [0.2, 0.25) is 0 Å². The van der Waals surface area contributed by atoms with Gasteiger partial charge < -0.3 is 14.4 Å². The van der Waals surface area contributed by atoms with Gasteiger partial charge in [-0.25, -0.2) is 0 Å². The molecule has 3 heteroatoms. The molecular formula is C50H37N3. The van der Waals surface area contributed by atoms with Crippen LogP contribution in [0.4, 0.5) is 28.4 Å². The number of rotatable bonds is 9. The van der Waals surface area contributed by atoms with Gasteiger partial charge >= 0.3 is 0 Å². The SMILES string of the molecule is C(=C(c1ccc(N(c2ccccc2)c2ccccc2)cc1)N(c1ccccc1)c1ccc(-n2c3ccccc3c3ccccc32)cc1)c1ccccc1. The van der Waals surface area contributed by atoms with E-state index in [9.17, 15) is 0 Å². The molecule has 0 radical (unpaired) electrons. The largest absolute Gasteiger partial charge is 0.311 e. The molecule has 53 heavy (non-hydrogen) atoms. The molecule has 1 heterocycles. The zero-order valence-corrected chi connectivity index (χ0v) is 29.2. The highest BCUT2D eigenvalue weighted by atomic mass is 15.2. The molecule has 8 aromatic carbocycles. The van der Waals surface area contributed by atoms with E-state index < -0.39 is 0 Å². The fourth-order valence-electron chi connectivity index (χ4n) is 7.32. The molecule has 0 atom stereocenters. The number of aromatic nitrogens is 1. The minimum Gasteiger partial charge on any atom is -0.311 e. The summed E-state index contributed by atoms with van der Waals surface area (Å²) in [6.45, 7) is 0. The molecule has 0 saturated heterocycles. The Balaban J connectivity index is 1.17. The number of nitrogens with zero attached hydrogens (tertiary/aromatic N) is 3. The Kier molecular flexibility index (Phi) is 8.57. The van der Waals surface area contributed by atoms with E-state index in [1.165, 1.54) is 21.8 Å². The van der Waals surface area contributed by atoms with Gasteiger partial charge in [-0.15, -0.1) is 0 Å². The number of para-hydroxylation sites is 5. The van der Waals surface area contributed by atoms with Crippen LogP contribution in [0.15, 0.2) is 218 Å². The Morgan fingerprint density at radius 3 is 1.28 bits per heavy atom. The van der Waals surface area contributed by atoms with Crippen LogP contribution < -0.4 is 9.80 Å². The van der Waals surface area contributed by atoms with Crippen LogP contribution in [0, 0.1) is 0 Å². The van der Waals surface area contributed by atoms with E-state index in [0.717, 1.165) is 50.9 Å². The quantitative estimate of drug-likeness (QED) is 0.141. The molecule has 9 rings (SSSR count). The van der Waals surface area contributed by atoms with Crippen LogP contribution in [-0.4, -0.2) is 4.57 Å². The van der Waals surface area contributed by atoms with E-state index >= 15 is 0 Å². The number of benzene rings is 8. The summed E-state index contributed by atoms with van der Waals surface area (Å²) in [5.74, 6) is 0. The maximum atomic E-state index is 2.37. The van der Waals surface area contributed by atoms with Gasteiger partial charge in [-0.2, -0.15) is 0 Å². The van der Waals surface area contributed by atoms with E-state index in [0.29, 0.717) is 0 Å². The van der Waals surface area contributed by atoms with Crippen molar-refractivity contribution >= 4 is 62.0 Å². The zero-order chi connectivity index (χ0) is 35.4. The standard InChI is InChI=1S/C50H37N3/c1-5-17-38(18-6-1)37-50(39-29-31-43(32-30-39)51(40-19-7-2-8-20-40)41-21-9-3-10-22-41)52(42-23-11-4-12-24-42)44-33-35-45(36-34-44)53-48-27-15-13-25-46(48)47-26-14-16-28-49(47)53/h1-37H. The van der Waals surface area contributed by atoms with Crippen molar-refractivity contribution < 1.29 is 0 Å². The molecule has 0 aliphatic heterocycles. The van der Waals surface area contributed by atoms with Crippen molar-refractivity contribution in [2.24, 2.45) is 0 Å². The van der Waals surface area contributed by atoms with E-state index in [2.05, 4.69) is 239 Å². The molecule has 0 bridgehead atoms. The fraction of sp³-hybridized carbons (Fsp3) is 0. The summed E-state index contributed by atoms with van der Waals surface area (Å²) >= 11 is 0. The molecule has 0 unspecified atom stereocenters. The van der Waals surface area contributed by atoms with E-state index in [4.69, 9.17) is 0 Å². The lowest BCUT2D eigenvalue weighted by Crippen LogP contribution is -2.16. The highest BCUT2D eigenvalue weighted by Crippen LogP contribution is 2.40. The molecule has 0 fully saturated rings. The lowest BCUT2D eigenvalue weighted by Gasteiger charge is -2.30. The summed E-state index contributed by atoms with van der Waals surface area (Å²) in [6, 6.07) is 77.5. The minimum absolute atomic E-state index is 1.07. The Morgan fingerprint density at radius 2 is 0.755 bits per heavy atom. The third-order valence-electron chi connectivity index (χ3n) is 9.75. The molecule has 0 amide bonds. The molecule has 0 N–H and O–H groups in total. The van der Waals surface area contributed by atoms with Gasteiger partial charge in [0.25, 0.3) is 0 Å². The summed E-state index contributed by atoms with van der Waals surface area (Å²) in [4.78, 5) is 4.66. The average Bonchev–Trinajstić information content (AvgIpc) is 3.57. The first kappa shape index (κ1) is 31.9. The Bertz CT molecular complexity index is 2530. The monoisotopic (exact) mass is 679 g/mol. The van der Waals surface area contributed by atoms with Gasteiger partial charge in [0, 0.05) is 44.9 Å². The first-order valence-electron chi connectivity index (χ1n) is 18.0. The van der Waals surface area contributed by atoms with Crippen LogP contribution >= 0.6 is 0 Å². The highest BCUT2D eigenvalue weighted by Gasteiger charge is 2.19. The van der Waals surface area contributed by atoms with Crippen LogP contribution in [0.1, 0.15) is 11.1 Å². The van der Waals surface area contributed by atoms with E-state index in [1.54, 1.807) is 0 Å². The van der Waals surface area contributed by atoms with Gasteiger partial charge in [0.1, 0.15) is 0 Å². The maximum absolute atomic E-state index is 2.37. The maximum Gasteiger partial charge on any atom is 0.0541 e. The van der Waals surface area contributed by atoms with Crippen LogP contribution in [0.2, 0.25) is 0 Å². The molecule has 1 aromatic heterocycles. The summed E-state index contributed by atoms with van der Waals surface area (Å²) in [5, 5.41) is 2.51. The zero-order valence-electron chi connectivity index (χ0n) is 29.2. The molecule has 0 aliphatic carbocycles. The van der Waals surface area contributed by atoms with Gasteiger partial charge in [-0.3, -0.25) is 0 Å². The Labute approximate surface area is 310 Å². The van der Waals surface area contributed by atoms with E-state index in [1.807, 2.05) is 0 Å². The van der Waals surface area contributed by atoms with Crippen molar-refractivity contribution in [1.82, 2.24) is 4.57 Å². The van der Waals surface area contributed by atoms with Gasteiger partial charge in [0.05, 0.1) is 16.7 Å². The van der Waals surface area contributed by atoms with Crippen molar-refractivity contribution in [3.05, 3.63) is 230 Å². The summed E-state index contributed by atoms with van der Waals surface area (Å²) in [7, 11) is 0. The summed E-state index contributed by atoms with van der Waals surface area (Å²) in [6.07, 6.45) is 2.29. The first-order chi connectivity index (χ1) is 26.3. The molecule has 0 saturated carbocycles. The second-order valence-electron chi connectivity index (χ2n) is 13.1. The second kappa shape index (κ2) is 14.3. The summed E-state index contributed by atoms with van der Waals surface area (Å²) in [5.41, 5.74) is 12.3. The normalized spacial score (nSPS) is 11.5. The van der Waals surface area contributed by atoms with Gasteiger partial charge in [-0.05, 0) is 102 Å². The first-order valence-corrected chi connectivity index (χ1v) is 18.0. The number of hydrogen-bond donors (Lipinski definition) is 0. The molecule has 252 valence electrons. The Morgan fingerprint density at radius 1 is 0.358 bits per heavy atom. The molecule has 0 aliphatic rings. The molecule has 3 nitrogen and oxygen atoms in total.